The highest BCUT2D eigenvalue weighted by atomic mass is 79.9. The van der Waals surface area contributed by atoms with Gasteiger partial charge in [0.15, 0.2) is 0 Å². The van der Waals surface area contributed by atoms with Crippen LogP contribution in [-0.2, 0) is 6.42 Å². The molecular weight excluding hydrogens is 300 g/mol. The van der Waals surface area contributed by atoms with Crippen molar-refractivity contribution in [1.29, 1.82) is 0 Å². The van der Waals surface area contributed by atoms with Crippen LogP contribution in [0.1, 0.15) is 70.5 Å². The lowest BCUT2D eigenvalue weighted by atomic mass is 9.95. The molecule has 1 saturated carbocycles. The summed E-state index contributed by atoms with van der Waals surface area (Å²) in [4.78, 5) is 0.688. The molecule has 19 heavy (non-hydrogen) atoms. The van der Waals surface area contributed by atoms with Gasteiger partial charge < -0.3 is 0 Å². The standard InChI is InChI=1S/C16H27BrN2/c1-3-15(4-2)19-11-10-14(18-19)12-13-8-6-5-7-9-16(13)17/h10-11,13,15-16H,3-9,12H2,1-2H3. The van der Waals surface area contributed by atoms with Crippen molar-refractivity contribution < 1.29 is 0 Å². The lowest BCUT2D eigenvalue weighted by Gasteiger charge is -2.18. The van der Waals surface area contributed by atoms with Gasteiger partial charge in [-0.05, 0) is 44.1 Å². The van der Waals surface area contributed by atoms with Gasteiger partial charge in [0.1, 0.15) is 0 Å². The fourth-order valence-electron chi connectivity index (χ4n) is 3.19. The highest BCUT2D eigenvalue weighted by Crippen LogP contribution is 2.31. The molecule has 0 amide bonds. The summed E-state index contributed by atoms with van der Waals surface area (Å²) in [6, 6.07) is 2.80. The van der Waals surface area contributed by atoms with Crippen LogP contribution in [0.5, 0.6) is 0 Å². The van der Waals surface area contributed by atoms with Crippen molar-refractivity contribution in [2.45, 2.75) is 76.1 Å². The molecule has 1 aliphatic carbocycles. The van der Waals surface area contributed by atoms with Crippen LogP contribution in [0.25, 0.3) is 0 Å². The van der Waals surface area contributed by atoms with Gasteiger partial charge in [-0.25, -0.2) is 0 Å². The van der Waals surface area contributed by atoms with Crippen LogP contribution in [-0.4, -0.2) is 14.6 Å². The van der Waals surface area contributed by atoms with Crippen LogP contribution in [0.2, 0.25) is 0 Å². The number of alkyl halides is 1. The molecule has 1 fully saturated rings. The van der Waals surface area contributed by atoms with Gasteiger partial charge in [-0.2, -0.15) is 5.10 Å². The van der Waals surface area contributed by atoms with Crippen molar-refractivity contribution in [2.75, 3.05) is 0 Å². The first kappa shape index (κ1) is 15.1. The van der Waals surface area contributed by atoms with Crippen LogP contribution in [0, 0.1) is 5.92 Å². The Bertz CT molecular complexity index is 371. The van der Waals surface area contributed by atoms with E-state index in [0.717, 1.165) is 12.3 Å². The summed E-state index contributed by atoms with van der Waals surface area (Å²) in [5, 5.41) is 4.81. The number of nitrogens with zero attached hydrogens (tertiary/aromatic N) is 2. The number of hydrogen-bond donors (Lipinski definition) is 0. The molecule has 0 saturated heterocycles. The molecule has 0 spiro atoms. The molecule has 2 nitrogen and oxygen atoms in total. The molecule has 1 aromatic heterocycles. The molecule has 0 aromatic carbocycles. The van der Waals surface area contributed by atoms with E-state index in [1.54, 1.807) is 0 Å². The monoisotopic (exact) mass is 326 g/mol. The second-order valence-electron chi connectivity index (χ2n) is 5.88. The minimum Gasteiger partial charge on any atom is -0.269 e. The lowest BCUT2D eigenvalue weighted by Crippen LogP contribution is -2.16. The van der Waals surface area contributed by atoms with Gasteiger partial charge in [0.25, 0.3) is 0 Å². The first-order valence-corrected chi connectivity index (χ1v) is 8.84. The topological polar surface area (TPSA) is 17.8 Å². The van der Waals surface area contributed by atoms with E-state index in [2.05, 4.69) is 46.7 Å². The summed E-state index contributed by atoms with van der Waals surface area (Å²) in [6.45, 7) is 4.49. The maximum absolute atomic E-state index is 4.81. The van der Waals surface area contributed by atoms with Crippen molar-refractivity contribution >= 4 is 15.9 Å². The Kier molecular flexibility index (Phi) is 5.93. The molecule has 1 aromatic rings. The largest absolute Gasteiger partial charge is 0.269 e. The average Bonchev–Trinajstić information content (AvgIpc) is 2.77. The summed E-state index contributed by atoms with van der Waals surface area (Å²) in [7, 11) is 0. The molecule has 0 aliphatic heterocycles. The maximum atomic E-state index is 4.81. The molecular formula is C16H27BrN2. The number of hydrogen-bond acceptors (Lipinski definition) is 1. The average molecular weight is 327 g/mol. The molecule has 3 heteroatoms. The molecule has 2 rings (SSSR count). The highest BCUT2D eigenvalue weighted by Gasteiger charge is 2.22. The summed E-state index contributed by atoms with van der Waals surface area (Å²) in [5.41, 5.74) is 1.28. The number of halogens is 1. The van der Waals surface area contributed by atoms with E-state index in [1.807, 2.05) is 0 Å². The van der Waals surface area contributed by atoms with Crippen LogP contribution in [0.3, 0.4) is 0 Å². The molecule has 1 aliphatic rings. The van der Waals surface area contributed by atoms with Gasteiger partial charge in [-0.1, -0.05) is 49.0 Å². The van der Waals surface area contributed by atoms with Crippen molar-refractivity contribution in [3.05, 3.63) is 18.0 Å². The minimum absolute atomic E-state index is 0.572. The van der Waals surface area contributed by atoms with E-state index in [9.17, 15) is 0 Å². The third-order valence-electron chi connectivity index (χ3n) is 4.52. The zero-order valence-corrected chi connectivity index (χ0v) is 13.9. The van der Waals surface area contributed by atoms with Crippen molar-refractivity contribution in [2.24, 2.45) is 5.92 Å². The molecule has 2 atom stereocenters. The smallest absolute Gasteiger partial charge is 0.0627 e. The quantitative estimate of drug-likeness (QED) is 0.541. The Morgan fingerprint density at radius 1 is 1.26 bits per heavy atom. The predicted octanol–water partition coefficient (Wildman–Crippen LogP) is 5.13. The molecule has 108 valence electrons. The summed E-state index contributed by atoms with van der Waals surface area (Å²) < 4.78 is 2.18. The third-order valence-corrected chi connectivity index (χ3v) is 5.72. The van der Waals surface area contributed by atoms with Crippen LogP contribution in [0.4, 0.5) is 0 Å². The Morgan fingerprint density at radius 3 is 2.74 bits per heavy atom. The van der Waals surface area contributed by atoms with Crippen molar-refractivity contribution in [1.82, 2.24) is 9.78 Å². The normalized spacial score (nSPS) is 24.6. The van der Waals surface area contributed by atoms with Crippen molar-refractivity contribution in [3.63, 3.8) is 0 Å². The maximum Gasteiger partial charge on any atom is 0.0627 e. The minimum atomic E-state index is 0.572. The van der Waals surface area contributed by atoms with Crippen LogP contribution >= 0.6 is 15.9 Å². The van der Waals surface area contributed by atoms with Gasteiger partial charge in [0.2, 0.25) is 0 Å². The molecule has 1 heterocycles. The van der Waals surface area contributed by atoms with Crippen molar-refractivity contribution in [3.8, 4) is 0 Å². The number of aromatic nitrogens is 2. The second-order valence-corrected chi connectivity index (χ2v) is 7.05. The fourth-order valence-corrected chi connectivity index (χ4v) is 3.97. The van der Waals surface area contributed by atoms with Gasteiger partial charge in [-0.15, -0.1) is 0 Å². The van der Waals surface area contributed by atoms with E-state index >= 15 is 0 Å². The van der Waals surface area contributed by atoms with Gasteiger partial charge >= 0.3 is 0 Å². The van der Waals surface area contributed by atoms with Gasteiger partial charge in [0.05, 0.1) is 11.7 Å². The molecule has 0 N–H and O–H groups in total. The first-order valence-electron chi connectivity index (χ1n) is 7.92. The third kappa shape index (κ3) is 4.08. The zero-order chi connectivity index (χ0) is 13.7. The SMILES string of the molecule is CCC(CC)n1ccc(CC2CCCCCC2Br)n1. The van der Waals surface area contributed by atoms with E-state index in [4.69, 9.17) is 5.10 Å². The van der Waals surface area contributed by atoms with Crippen LogP contribution in [0.15, 0.2) is 12.3 Å². The fraction of sp³-hybridized carbons (Fsp3) is 0.812. The second kappa shape index (κ2) is 7.47. The Hall–Kier alpha value is -0.310. The first-order chi connectivity index (χ1) is 9.24. The van der Waals surface area contributed by atoms with Gasteiger partial charge in [0, 0.05) is 11.0 Å². The summed E-state index contributed by atoms with van der Waals surface area (Å²) in [6.07, 6.45) is 12.5. The van der Waals surface area contributed by atoms with Gasteiger partial charge in [-0.3, -0.25) is 4.68 Å². The van der Waals surface area contributed by atoms with E-state index in [-0.39, 0.29) is 0 Å². The van der Waals surface area contributed by atoms with E-state index < -0.39 is 0 Å². The van der Waals surface area contributed by atoms with E-state index in [0.29, 0.717) is 10.9 Å². The number of rotatable bonds is 5. The predicted molar refractivity (Wildman–Crippen MR) is 84.8 cm³/mol. The van der Waals surface area contributed by atoms with Crippen LogP contribution < -0.4 is 0 Å². The Balaban J connectivity index is 1.98. The van der Waals surface area contributed by atoms with E-state index in [1.165, 1.54) is 50.6 Å². The molecule has 2 unspecified atom stereocenters. The summed E-state index contributed by atoms with van der Waals surface area (Å²) in [5.74, 6) is 0.771. The Labute approximate surface area is 126 Å². The zero-order valence-electron chi connectivity index (χ0n) is 12.3. The lowest BCUT2D eigenvalue weighted by molar-refractivity contribution is 0.417. The highest BCUT2D eigenvalue weighted by molar-refractivity contribution is 9.09. The molecule has 0 radical (unpaired) electrons. The summed E-state index contributed by atoms with van der Waals surface area (Å²) >= 11 is 3.89. The Morgan fingerprint density at radius 2 is 2.00 bits per heavy atom. The molecule has 0 bridgehead atoms.